The third-order valence-electron chi connectivity index (χ3n) is 4.17. The van der Waals surface area contributed by atoms with Gasteiger partial charge in [-0.25, -0.2) is 0 Å². The fourth-order valence-corrected chi connectivity index (χ4v) is 3.14. The van der Waals surface area contributed by atoms with E-state index in [0.29, 0.717) is 11.5 Å². The van der Waals surface area contributed by atoms with Crippen LogP contribution in [0.1, 0.15) is 10.4 Å². The second-order valence-corrected chi connectivity index (χ2v) is 9.04. The number of rotatable bonds is 8. The molecule has 14 heteroatoms. The van der Waals surface area contributed by atoms with Gasteiger partial charge in [0.25, 0.3) is 11.6 Å². The first-order valence-corrected chi connectivity index (χ1v) is 10.5. The van der Waals surface area contributed by atoms with Gasteiger partial charge in [-0.05, 0) is 36.5 Å². The molecule has 3 N–H and O–H groups in total. The number of anilines is 1. The minimum atomic E-state index is -2.02. The number of benzene rings is 2. The summed E-state index contributed by atoms with van der Waals surface area (Å²) in [6.07, 6.45) is -1.28. The minimum Gasteiger partial charge on any atom is -0.495 e. The van der Waals surface area contributed by atoms with Crippen LogP contribution in [0.25, 0.3) is 0 Å². The molecule has 0 aliphatic carbocycles. The van der Waals surface area contributed by atoms with Crippen LogP contribution in [0.3, 0.4) is 0 Å². The van der Waals surface area contributed by atoms with Crippen LogP contribution in [0.2, 0.25) is 0 Å². The Hall–Kier alpha value is -2.73. The van der Waals surface area contributed by atoms with Crippen LogP contribution in [0, 0.1) is 10.1 Å². The van der Waals surface area contributed by atoms with Crippen molar-refractivity contribution in [2.75, 3.05) is 26.6 Å². The molecule has 0 aromatic heterocycles. The average Bonchev–Trinajstić information content (AvgIpc) is 2.77. The highest BCUT2D eigenvalue weighted by atomic mass is 35.6. The summed E-state index contributed by atoms with van der Waals surface area (Å²) in [5.41, 5.74) is 0.201. The SMILES string of the molecule is COc1ccc([N+](=O)[O-])cc1NC(=S)NC(NC(=O)c1ccc(OC)c(OC)c1)C(Cl)(Cl)Cl. The summed E-state index contributed by atoms with van der Waals surface area (Å²) in [6.45, 7) is 0. The maximum atomic E-state index is 12.7. The largest absolute Gasteiger partial charge is 0.495 e. The van der Waals surface area contributed by atoms with Crippen molar-refractivity contribution in [3.63, 3.8) is 0 Å². The van der Waals surface area contributed by atoms with E-state index in [1.807, 2.05) is 0 Å². The van der Waals surface area contributed by atoms with E-state index in [9.17, 15) is 14.9 Å². The predicted octanol–water partition coefficient (Wildman–Crippen LogP) is 4.03. The summed E-state index contributed by atoms with van der Waals surface area (Å²) in [5, 5.41) is 18.9. The number of carbonyl (C=O) groups excluding carboxylic acids is 1. The van der Waals surface area contributed by atoms with Gasteiger partial charge in [0.1, 0.15) is 11.9 Å². The fourth-order valence-electron chi connectivity index (χ4n) is 2.59. The molecule has 0 bridgehead atoms. The number of nitro benzene ring substituents is 1. The van der Waals surface area contributed by atoms with Crippen LogP contribution in [0.4, 0.5) is 11.4 Å². The third kappa shape index (κ3) is 7.13. The first-order chi connectivity index (χ1) is 15.5. The molecule has 0 aliphatic rings. The lowest BCUT2D eigenvalue weighted by molar-refractivity contribution is -0.384. The number of halogens is 3. The molecule has 10 nitrogen and oxygen atoms in total. The molecule has 178 valence electrons. The number of nitrogens with one attached hydrogen (secondary N) is 3. The standard InChI is InChI=1S/C19H19Cl3N4O6S/c1-30-13-7-5-11(26(28)29)9-12(13)23-18(33)25-17(19(20,21)22)24-16(27)10-4-6-14(31-2)15(8-10)32-3/h4-9,17H,1-3H3,(H,24,27)(H2,23,25,33). The molecule has 0 saturated carbocycles. The van der Waals surface area contributed by atoms with Crippen molar-refractivity contribution in [3.05, 3.63) is 52.1 Å². The van der Waals surface area contributed by atoms with Crippen LogP contribution in [0.15, 0.2) is 36.4 Å². The molecule has 0 heterocycles. The van der Waals surface area contributed by atoms with E-state index in [0.717, 1.165) is 0 Å². The van der Waals surface area contributed by atoms with Crippen LogP contribution in [-0.2, 0) is 0 Å². The summed E-state index contributed by atoms with van der Waals surface area (Å²) in [7, 11) is 4.28. The summed E-state index contributed by atoms with van der Waals surface area (Å²) in [5.74, 6) is 0.444. The lowest BCUT2D eigenvalue weighted by Gasteiger charge is -2.28. The van der Waals surface area contributed by atoms with E-state index in [1.165, 1.54) is 51.7 Å². The Bertz CT molecular complexity index is 1050. The molecule has 0 fully saturated rings. The number of hydrogen-bond donors (Lipinski definition) is 3. The molecule has 0 saturated heterocycles. The zero-order valence-corrected chi connectivity index (χ0v) is 20.6. The van der Waals surface area contributed by atoms with Crippen LogP contribution in [-0.4, -0.2) is 47.2 Å². The van der Waals surface area contributed by atoms with Gasteiger partial charge in [0.2, 0.25) is 3.79 Å². The number of nitro groups is 1. The molecule has 1 unspecified atom stereocenters. The van der Waals surface area contributed by atoms with Gasteiger partial charge in [-0.15, -0.1) is 0 Å². The predicted molar refractivity (Wildman–Crippen MR) is 130 cm³/mol. The number of ether oxygens (including phenoxy) is 3. The Labute approximate surface area is 209 Å². The second kappa shape index (κ2) is 11.4. The quantitative estimate of drug-likeness (QED) is 0.150. The number of nitrogens with zero attached hydrogens (tertiary/aromatic N) is 1. The molecular formula is C19H19Cl3N4O6S. The van der Waals surface area contributed by atoms with E-state index >= 15 is 0 Å². The number of alkyl halides is 3. The van der Waals surface area contributed by atoms with Crippen LogP contribution in [0.5, 0.6) is 17.2 Å². The maximum absolute atomic E-state index is 12.7. The Balaban J connectivity index is 2.20. The van der Waals surface area contributed by atoms with Gasteiger partial charge >= 0.3 is 0 Å². The Morgan fingerprint density at radius 3 is 2.15 bits per heavy atom. The lowest BCUT2D eigenvalue weighted by atomic mass is 10.2. The highest BCUT2D eigenvalue weighted by molar-refractivity contribution is 7.80. The normalized spacial score (nSPS) is 11.7. The molecule has 1 atom stereocenters. The molecule has 2 aromatic carbocycles. The first kappa shape index (κ1) is 26.5. The van der Waals surface area contributed by atoms with Crippen LogP contribution < -0.4 is 30.2 Å². The molecule has 33 heavy (non-hydrogen) atoms. The topological polar surface area (TPSA) is 124 Å². The smallest absolute Gasteiger partial charge is 0.271 e. The van der Waals surface area contributed by atoms with Crippen molar-refractivity contribution in [1.82, 2.24) is 10.6 Å². The number of amides is 1. The number of hydrogen-bond acceptors (Lipinski definition) is 7. The fraction of sp³-hybridized carbons (Fsp3) is 0.263. The van der Waals surface area contributed by atoms with Gasteiger partial charge in [0, 0.05) is 17.7 Å². The van der Waals surface area contributed by atoms with Crippen molar-refractivity contribution >= 4 is 69.4 Å². The Kier molecular flexibility index (Phi) is 9.17. The number of non-ortho nitro benzene ring substituents is 1. The molecule has 0 aliphatic heterocycles. The maximum Gasteiger partial charge on any atom is 0.271 e. The summed E-state index contributed by atoms with van der Waals surface area (Å²) in [6, 6.07) is 8.39. The lowest BCUT2D eigenvalue weighted by Crippen LogP contribution is -2.56. The highest BCUT2D eigenvalue weighted by Gasteiger charge is 2.35. The molecule has 2 rings (SSSR count). The van der Waals surface area contributed by atoms with E-state index in [2.05, 4.69) is 16.0 Å². The van der Waals surface area contributed by atoms with Crippen molar-refractivity contribution < 1.29 is 23.9 Å². The second-order valence-electron chi connectivity index (χ2n) is 6.26. The summed E-state index contributed by atoms with van der Waals surface area (Å²) < 4.78 is 13.5. The molecule has 0 radical (unpaired) electrons. The van der Waals surface area contributed by atoms with Gasteiger partial charge in [0.15, 0.2) is 16.6 Å². The van der Waals surface area contributed by atoms with E-state index < -0.39 is 20.8 Å². The van der Waals surface area contributed by atoms with Crippen molar-refractivity contribution in [1.29, 1.82) is 0 Å². The third-order valence-corrected chi connectivity index (χ3v) is 5.04. The van der Waals surface area contributed by atoms with Gasteiger partial charge in [0.05, 0.1) is 31.9 Å². The van der Waals surface area contributed by atoms with E-state index in [-0.39, 0.29) is 27.8 Å². The number of methoxy groups -OCH3 is 3. The summed E-state index contributed by atoms with van der Waals surface area (Å²) >= 11 is 23.3. The molecular weight excluding hydrogens is 519 g/mol. The number of thiocarbonyl (C=S) groups is 1. The van der Waals surface area contributed by atoms with Crippen molar-refractivity contribution in [3.8, 4) is 17.2 Å². The van der Waals surface area contributed by atoms with Gasteiger partial charge in [-0.2, -0.15) is 0 Å². The zero-order valence-electron chi connectivity index (χ0n) is 17.5. The van der Waals surface area contributed by atoms with Gasteiger partial charge < -0.3 is 30.2 Å². The average molecular weight is 538 g/mol. The van der Waals surface area contributed by atoms with Crippen LogP contribution >= 0.6 is 47.0 Å². The molecule has 1 amide bonds. The van der Waals surface area contributed by atoms with Crippen molar-refractivity contribution in [2.24, 2.45) is 0 Å². The van der Waals surface area contributed by atoms with Crippen molar-refractivity contribution in [2.45, 2.75) is 9.96 Å². The van der Waals surface area contributed by atoms with Gasteiger partial charge in [-0.1, -0.05) is 34.8 Å². The minimum absolute atomic E-state index is 0.0993. The number of carbonyl (C=O) groups is 1. The Morgan fingerprint density at radius 1 is 1.00 bits per heavy atom. The monoisotopic (exact) mass is 536 g/mol. The summed E-state index contributed by atoms with van der Waals surface area (Å²) in [4.78, 5) is 23.2. The van der Waals surface area contributed by atoms with Gasteiger partial charge in [-0.3, -0.25) is 14.9 Å². The highest BCUT2D eigenvalue weighted by Crippen LogP contribution is 2.32. The molecule has 2 aromatic rings. The molecule has 0 spiro atoms. The van der Waals surface area contributed by atoms with E-state index in [4.69, 9.17) is 61.2 Å². The first-order valence-electron chi connectivity index (χ1n) is 8.99. The zero-order chi connectivity index (χ0) is 24.8. The van der Waals surface area contributed by atoms with E-state index in [1.54, 1.807) is 6.07 Å². The Morgan fingerprint density at radius 2 is 1.61 bits per heavy atom.